The smallest absolute Gasteiger partial charge is 0.313 e. The van der Waals surface area contributed by atoms with E-state index in [1.807, 2.05) is 12.1 Å². The van der Waals surface area contributed by atoms with E-state index in [1.54, 1.807) is 17.1 Å². The predicted molar refractivity (Wildman–Crippen MR) is 64.1 cm³/mol. The second kappa shape index (κ2) is 6.10. The normalized spacial score (nSPS) is 10.4. The SMILES string of the molecule is O=C(O)CSc1nnnn1CCc1ccncc1. The maximum atomic E-state index is 10.5. The average Bonchev–Trinajstić information content (AvgIpc) is 2.82. The van der Waals surface area contributed by atoms with Gasteiger partial charge >= 0.3 is 5.97 Å². The Balaban J connectivity index is 1.93. The Hall–Kier alpha value is -1.96. The van der Waals surface area contributed by atoms with Crippen molar-refractivity contribution in [2.75, 3.05) is 5.75 Å². The fourth-order valence-corrected chi connectivity index (χ4v) is 1.97. The highest BCUT2D eigenvalue weighted by Gasteiger charge is 2.08. The van der Waals surface area contributed by atoms with Crippen molar-refractivity contribution in [3.05, 3.63) is 30.1 Å². The summed E-state index contributed by atoms with van der Waals surface area (Å²) in [6.07, 6.45) is 4.23. The van der Waals surface area contributed by atoms with Crippen LogP contribution in [0.1, 0.15) is 5.56 Å². The number of rotatable bonds is 6. The van der Waals surface area contributed by atoms with Crippen molar-refractivity contribution < 1.29 is 9.90 Å². The van der Waals surface area contributed by atoms with Crippen LogP contribution < -0.4 is 0 Å². The number of aromatic nitrogens is 5. The van der Waals surface area contributed by atoms with E-state index in [9.17, 15) is 4.79 Å². The maximum Gasteiger partial charge on any atom is 0.313 e. The molecule has 2 rings (SSSR count). The molecule has 0 saturated carbocycles. The van der Waals surface area contributed by atoms with Crippen LogP contribution in [0, 0.1) is 0 Å². The lowest BCUT2D eigenvalue weighted by molar-refractivity contribution is -0.133. The summed E-state index contributed by atoms with van der Waals surface area (Å²) in [6, 6.07) is 3.85. The Labute approximate surface area is 107 Å². The molecule has 0 aliphatic carbocycles. The summed E-state index contributed by atoms with van der Waals surface area (Å²) in [6.45, 7) is 0.610. The molecule has 0 saturated heterocycles. The summed E-state index contributed by atoms with van der Waals surface area (Å²) in [4.78, 5) is 14.4. The average molecular weight is 265 g/mol. The summed E-state index contributed by atoms with van der Waals surface area (Å²) in [5.74, 6) is -0.931. The number of tetrazole rings is 1. The van der Waals surface area contributed by atoms with Crippen molar-refractivity contribution in [2.45, 2.75) is 18.1 Å². The van der Waals surface area contributed by atoms with Crippen molar-refractivity contribution >= 4 is 17.7 Å². The lowest BCUT2D eigenvalue weighted by Crippen LogP contribution is -2.07. The molecule has 0 aliphatic heterocycles. The molecule has 0 atom stereocenters. The highest BCUT2D eigenvalue weighted by atomic mass is 32.2. The number of pyridine rings is 1. The zero-order valence-electron chi connectivity index (χ0n) is 9.43. The first-order valence-electron chi connectivity index (χ1n) is 5.25. The van der Waals surface area contributed by atoms with Crippen LogP contribution >= 0.6 is 11.8 Å². The number of nitrogens with zero attached hydrogens (tertiary/aromatic N) is 5. The van der Waals surface area contributed by atoms with Gasteiger partial charge in [-0.3, -0.25) is 9.78 Å². The van der Waals surface area contributed by atoms with Crippen LogP contribution in [0.15, 0.2) is 29.7 Å². The molecular weight excluding hydrogens is 254 g/mol. The minimum absolute atomic E-state index is 0.0460. The first-order chi connectivity index (χ1) is 8.75. The van der Waals surface area contributed by atoms with Crippen molar-refractivity contribution in [1.82, 2.24) is 25.2 Å². The molecule has 94 valence electrons. The van der Waals surface area contributed by atoms with Crippen LogP contribution in [0.5, 0.6) is 0 Å². The monoisotopic (exact) mass is 265 g/mol. The molecule has 2 heterocycles. The number of thioether (sulfide) groups is 1. The lowest BCUT2D eigenvalue weighted by atomic mass is 10.2. The standard InChI is InChI=1S/C10H11N5O2S/c16-9(17)7-18-10-12-13-14-15(10)6-3-8-1-4-11-5-2-8/h1-2,4-5H,3,6-7H2,(H,16,17). The number of aryl methyl sites for hydroxylation is 2. The number of carboxylic acids is 1. The molecule has 0 radical (unpaired) electrons. The molecule has 1 N–H and O–H groups in total. The molecule has 8 heteroatoms. The van der Waals surface area contributed by atoms with Crippen molar-refractivity contribution in [3.8, 4) is 0 Å². The second-order valence-electron chi connectivity index (χ2n) is 3.47. The van der Waals surface area contributed by atoms with Crippen molar-refractivity contribution in [1.29, 1.82) is 0 Å². The van der Waals surface area contributed by atoms with Gasteiger partial charge in [-0.05, 0) is 34.5 Å². The maximum absolute atomic E-state index is 10.5. The van der Waals surface area contributed by atoms with Gasteiger partial charge < -0.3 is 5.11 Å². The van der Waals surface area contributed by atoms with Gasteiger partial charge in [0.25, 0.3) is 0 Å². The fraction of sp³-hybridized carbons (Fsp3) is 0.300. The van der Waals surface area contributed by atoms with Gasteiger partial charge in [0.2, 0.25) is 5.16 Å². The van der Waals surface area contributed by atoms with Gasteiger partial charge in [0.05, 0.1) is 5.75 Å². The van der Waals surface area contributed by atoms with Gasteiger partial charge in [0.1, 0.15) is 0 Å². The molecule has 0 aromatic carbocycles. The van der Waals surface area contributed by atoms with Gasteiger partial charge in [-0.15, -0.1) is 5.10 Å². The van der Waals surface area contributed by atoms with Crippen LogP contribution in [0.3, 0.4) is 0 Å². The highest BCUT2D eigenvalue weighted by molar-refractivity contribution is 7.99. The Morgan fingerprint density at radius 3 is 2.89 bits per heavy atom. The number of aliphatic carboxylic acids is 1. The van der Waals surface area contributed by atoms with Crippen molar-refractivity contribution in [2.24, 2.45) is 0 Å². The van der Waals surface area contributed by atoms with E-state index >= 15 is 0 Å². The van der Waals surface area contributed by atoms with Crippen molar-refractivity contribution in [3.63, 3.8) is 0 Å². The van der Waals surface area contributed by atoms with Crippen LogP contribution in [0.4, 0.5) is 0 Å². The summed E-state index contributed by atoms with van der Waals surface area (Å²) in [5, 5.41) is 20.3. The molecule has 2 aromatic heterocycles. The first-order valence-corrected chi connectivity index (χ1v) is 6.24. The molecule has 18 heavy (non-hydrogen) atoms. The molecule has 2 aromatic rings. The van der Waals surface area contributed by atoms with E-state index in [2.05, 4.69) is 20.5 Å². The Bertz CT molecular complexity index is 516. The van der Waals surface area contributed by atoms with Gasteiger partial charge in [-0.25, -0.2) is 4.68 Å². The van der Waals surface area contributed by atoms with Crippen LogP contribution in [-0.2, 0) is 17.8 Å². The van der Waals surface area contributed by atoms with E-state index < -0.39 is 5.97 Å². The first kappa shape index (κ1) is 12.5. The Kier molecular flexibility index (Phi) is 4.24. The molecular formula is C10H11N5O2S. The third-order valence-electron chi connectivity index (χ3n) is 2.19. The fourth-order valence-electron chi connectivity index (χ4n) is 1.35. The summed E-state index contributed by atoms with van der Waals surface area (Å²) in [7, 11) is 0. The van der Waals surface area contributed by atoms with Crippen LogP contribution in [-0.4, -0.2) is 42.0 Å². The third kappa shape index (κ3) is 3.52. The zero-order valence-corrected chi connectivity index (χ0v) is 10.2. The minimum Gasteiger partial charge on any atom is -0.481 e. The summed E-state index contributed by atoms with van der Waals surface area (Å²) in [5.41, 5.74) is 1.13. The predicted octanol–water partition coefficient (Wildman–Crippen LogP) is 0.487. The summed E-state index contributed by atoms with van der Waals surface area (Å²) >= 11 is 1.11. The molecule has 0 aliphatic rings. The van der Waals surface area contributed by atoms with Crippen LogP contribution in [0.25, 0.3) is 0 Å². The second-order valence-corrected chi connectivity index (χ2v) is 4.41. The third-order valence-corrected chi connectivity index (χ3v) is 3.13. The topological polar surface area (TPSA) is 93.8 Å². The number of carboxylic acid groups (broad SMARTS) is 1. The molecule has 0 bridgehead atoms. The molecule has 0 spiro atoms. The molecule has 7 nitrogen and oxygen atoms in total. The van der Waals surface area contributed by atoms with E-state index in [-0.39, 0.29) is 5.75 Å². The molecule has 0 unspecified atom stereocenters. The highest BCUT2D eigenvalue weighted by Crippen LogP contribution is 2.13. The lowest BCUT2D eigenvalue weighted by Gasteiger charge is -2.03. The van der Waals surface area contributed by atoms with E-state index in [0.717, 1.165) is 23.7 Å². The zero-order chi connectivity index (χ0) is 12.8. The van der Waals surface area contributed by atoms with Gasteiger partial charge in [0, 0.05) is 18.9 Å². The minimum atomic E-state index is -0.885. The largest absolute Gasteiger partial charge is 0.481 e. The quantitative estimate of drug-likeness (QED) is 0.759. The molecule has 0 amide bonds. The van der Waals surface area contributed by atoms with E-state index in [0.29, 0.717) is 11.7 Å². The van der Waals surface area contributed by atoms with Gasteiger partial charge in [-0.1, -0.05) is 11.8 Å². The molecule has 0 fully saturated rings. The Morgan fingerprint density at radius 1 is 1.39 bits per heavy atom. The van der Waals surface area contributed by atoms with Gasteiger partial charge in [0.15, 0.2) is 0 Å². The van der Waals surface area contributed by atoms with Gasteiger partial charge in [-0.2, -0.15) is 0 Å². The van der Waals surface area contributed by atoms with E-state index in [4.69, 9.17) is 5.11 Å². The Morgan fingerprint density at radius 2 is 2.17 bits per heavy atom. The van der Waals surface area contributed by atoms with Crippen LogP contribution in [0.2, 0.25) is 0 Å². The summed E-state index contributed by atoms with van der Waals surface area (Å²) < 4.78 is 1.61. The van der Waals surface area contributed by atoms with E-state index in [1.165, 1.54) is 0 Å². The number of hydrogen-bond donors (Lipinski definition) is 1. The number of hydrogen-bond acceptors (Lipinski definition) is 6. The number of carbonyl (C=O) groups is 1.